The number of aldehydes is 1. The third kappa shape index (κ3) is 2.29. The molecule has 0 atom stereocenters. The molecule has 20 heavy (non-hydrogen) atoms. The predicted octanol–water partition coefficient (Wildman–Crippen LogP) is 1.67. The van der Waals surface area contributed by atoms with Gasteiger partial charge in [0.25, 0.3) is 0 Å². The smallest absolute Gasteiger partial charge is 0.309 e. The van der Waals surface area contributed by atoms with Crippen LogP contribution in [0.25, 0.3) is 0 Å². The number of nitrogens with zero attached hydrogens (tertiary/aromatic N) is 1. The van der Waals surface area contributed by atoms with Gasteiger partial charge in [0.05, 0.1) is 23.8 Å². The second-order valence-electron chi connectivity index (χ2n) is 4.51. The van der Waals surface area contributed by atoms with E-state index in [1.54, 1.807) is 12.1 Å². The molecule has 0 radical (unpaired) electrons. The zero-order valence-electron chi connectivity index (χ0n) is 10.6. The first-order valence-corrected chi connectivity index (χ1v) is 6.17. The van der Waals surface area contributed by atoms with Gasteiger partial charge in [-0.25, -0.2) is 0 Å². The van der Waals surface area contributed by atoms with Gasteiger partial charge in [0.15, 0.2) is 6.29 Å². The van der Waals surface area contributed by atoms with Crippen LogP contribution in [0.5, 0.6) is 11.5 Å². The summed E-state index contributed by atoms with van der Waals surface area (Å²) in [6.45, 7) is 0.584. The summed E-state index contributed by atoms with van der Waals surface area (Å²) in [6, 6.07) is 12.5. The number of nitriles is 1. The van der Waals surface area contributed by atoms with Crippen LogP contribution in [-0.4, -0.2) is 13.8 Å². The number of hydrogen-bond acceptors (Lipinski definition) is 4. The molecule has 1 aliphatic heterocycles. The Labute approximate surface area is 116 Å². The van der Waals surface area contributed by atoms with Gasteiger partial charge in [-0.2, -0.15) is 5.26 Å². The van der Waals surface area contributed by atoms with Crippen molar-refractivity contribution >= 4 is 19.2 Å². The first kappa shape index (κ1) is 12.5. The van der Waals surface area contributed by atoms with Crippen molar-refractivity contribution in [1.29, 1.82) is 5.26 Å². The van der Waals surface area contributed by atoms with Crippen molar-refractivity contribution in [2.24, 2.45) is 0 Å². The van der Waals surface area contributed by atoms with Gasteiger partial charge in [-0.1, -0.05) is 6.07 Å². The van der Waals surface area contributed by atoms with E-state index in [0.717, 1.165) is 11.0 Å². The highest BCUT2D eigenvalue weighted by atomic mass is 16.5. The second kappa shape index (κ2) is 5.20. The molecule has 0 bridgehead atoms. The Morgan fingerprint density at radius 1 is 1.30 bits per heavy atom. The summed E-state index contributed by atoms with van der Waals surface area (Å²) in [4.78, 5) is 11.1. The number of ether oxygens (including phenoxy) is 1. The number of rotatable bonds is 3. The summed E-state index contributed by atoms with van der Waals surface area (Å²) in [7, 11) is 0.631. The van der Waals surface area contributed by atoms with Crippen LogP contribution in [0.3, 0.4) is 0 Å². The third-order valence-corrected chi connectivity index (χ3v) is 3.19. The van der Waals surface area contributed by atoms with Crippen LogP contribution in [0, 0.1) is 11.3 Å². The molecular weight excluding hydrogens is 253 g/mol. The van der Waals surface area contributed by atoms with Gasteiger partial charge >= 0.3 is 7.48 Å². The van der Waals surface area contributed by atoms with Crippen LogP contribution in [0.4, 0.5) is 0 Å². The number of carbonyl (C=O) groups is 1. The maximum absolute atomic E-state index is 11.1. The molecule has 0 fully saturated rings. The van der Waals surface area contributed by atoms with Crippen molar-refractivity contribution in [2.45, 2.75) is 6.61 Å². The van der Waals surface area contributed by atoms with Crippen molar-refractivity contribution < 1.29 is 14.2 Å². The van der Waals surface area contributed by atoms with E-state index in [2.05, 4.69) is 0 Å². The minimum Gasteiger partial charge on any atom is -0.457 e. The van der Waals surface area contributed by atoms with Crippen LogP contribution in [0.1, 0.15) is 21.5 Å². The van der Waals surface area contributed by atoms with Crippen LogP contribution in [0.2, 0.25) is 0 Å². The van der Waals surface area contributed by atoms with E-state index >= 15 is 0 Å². The van der Waals surface area contributed by atoms with Crippen molar-refractivity contribution in [3.8, 4) is 17.6 Å². The van der Waals surface area contributed by atoms with E-state index in [0.29, 0.717) is 43.0 Å². The number of hydrogen-bond donors (Lipinski definition) is 0. The molecule has 1 aliphatic rings. The van der Waals surface area contributed by atoms with Gasteiger partial charge in [-0.05, 0) is 41.4 Å². The third-order valence-electron chi connectivity index (χ3n) is 3.19. The van der Waals surface area contributed by atoms with E-state index in [-0.39, 0.29) is 0 Å². The molecule has 0 spiro atoms. The largest absolute Gasteiger partial charge is 0.457 e. The number of carbonyl (C=O) groups excluding carboxylic acids is 1. The van der Waals surface area contributed by atoms with Gasteiger partial charge in [-0.3, -0.25) is 4.79 Å². The van der Waals surface area contributed by atoms with Gasteiger partial charge < -0.3 is 9.39 Å². The predicted molar refractivity (Wildman–Crippen MR) is 74.6 cm³/mol. The first-order chi connectivity index (χ1) is 9.80. The van der Waals surface area contributed by atoms with E-state index in [4.69, 9.17) is 14.7 Å². The standard InChI is InChI=1S/C15H10BNO3/c17-7-10-1-4-15(11(5-10)8-18)20-13-2-3-14-12(6-13)9-19-16-14/h1-6,8,16H,9H2. The quantitative estimate of drug-likeness (QED) is 0.624. The fraction of sp³-hybridized carbons (Fsp3) is 0.0667. The Bertz CT molecular complexity index is 722. The van der Waals surface area contributed by atoms with Gasteiger partial charge in [0, 0.05) is 0 Å². The van der Waals surface area contributed by atoms with Crippen molar-refractivity contribution in [1.82, 2.24) is 0 Å². The number of benzene rings is 2. The molecule has 4 nitrogen and oxygen atoms in total. The highest BCUT2D eigenvalue weighted by Gasteiger charge is 2.14. The second-order valence-corrected chi connectivity index (χ2v) is 4.51. The van der Waals surface area contributed by atoms with E-state index < -0.39 is 0 Å². The Hall–Kier alpha value is -2.58. The van der Waals surface area contributed by atoms with Crippen LogP contribution in [0.15, 0.2) is 36.4 Å². The van der Waals surface area contributed by atoms with Crippen LogP contribution >= 0.6 is 0 Å². The SMILES string of the molecule is N#Cc1ccc(Oc2ccc3c(c2)COB3)c(C=O)c1. The van der Waals surface area contributed by atoms with E-state index in [9.17, 15) is 4.79 Å². The Balaban J connectivity index is 1.91. The van der Waals surface area contributed by atoms with Crippen molar-refractivity contribution in [3.05, 3.63) is 53.1 Å². The van der Waals surface area contributed by atoms with Crippen LogP contribution < -0.4 is 10.2 Å². The average Bonchev–Trinajstić information content (AvgIpc) is 2.95. The lowest BCUT2D eigenvalue weighted by atomic mass is 9.87. The summed E-state index contributed by atoms with van der Waals surface area (Å²) in [6.07, 6.45) is 0.687. The van der Waals surface area contributed by atoms with Gasteiger partial charge in [-0.15, -0.1) is 0 Å². The molecule has 0 N–H and O–H groups in total. The van der Waals surface area contributed by atoms with E-state index in [1.807, 2.05) is 24.3 Å². The van der Waals surface area contributed by atoms with E-state index in [1.165, 1.54) is 6.07 Å². The lowest BCUT2D eigenvalue weighted by Crippen LogP contribution is -2.10. The molecule has 2 aromatic carbocycles. The molecule has 3 rings (SSSR count). The zero-order valence-corrected chi connectivity index (χ0v) is 10.6. The van der Waals surface area contributed by atoms with Crippen molar-refractivity contribution in [2.75, 3.05) is 0 Å². The highest BCUT2D eigenvalue weighted by Crippen LogP contribution is 2.26. The zero-order chi connectivity index (χ0) is 13.9. The summed E-state index contributed by atoms with van der Waals surface area (Å²) >= 11 is 0. The maximum atomic E-state index is 11.1. The molecule has 0 saturated heterocycles. The molecule has 0 unspecified atom stereocenters. The normalized spacial score (nSPS) is 12.2. The summed E-state index contributed by atoms with van der Waals surface area (Å²) in [5.74, 6) is 1.10. The van der Waals surface area contributed by atoms with Gasteiger partial charge in [0.2, 0.25) is 0 Å². The molecular formula is C15H10BNO3. The molecule has 0 aromatic heterocycles. The first-order valence-electron chi connectivity index (χ1n) is 6.17. The molecule has 5 heteroatoms. The van der Waals surface area contributed by atoms with Gasteiger partial charge in [0.1, 0.15) is 11.5 Å². The Morgan fingerprint density at radius 2 is 2.20 bits per heavy atom. The average molecular weight is 263 g/mol. The monoisotopic (exact) mass is 263 g/mol. The maximum Gasteiger partial charge on any atom is 0.309 e. The molecule has 0 saturated carbocycles. The minimum absolute atomic E-state index is 0.362. The Kier molecular flexibility index (Phi) is 3.24. The lowest BCUT2D eigenvalue weighted by molar-refractivity contribution is 0.112. The number of fused-ring (bicyclic) bond motifs is 1. The fourth-order valence-corrected chi connectivity index (χ4v) is 2.14. The Morgan fingerprint density at radius 3 is 3.00 bits per heavy atom. The summed E-state index contributed by atoms with van der Waals surface area (Å²) in [5.41, 5.74) is 3.05. The van der Waals surface area contributed by atoms with Crippen molar-refractivity contribution in [3.63, 3.8) is 0 Å². The highest BCUT2D eigenvalue weighted by molar-refractivity contribution is 6.48. The fourth-order valence-electron chi connectivity index (χ4n) is 2.14. The molecule has 0 amide bonds. The summed E-state index contributed by atoms with van der Waals surface area (Å²) in [5, 5.41) is 8.82. The molecule has 2 aromatic rings. The summed E-state index contributed by atoms with van der Waals surface area (Å²) < 4.78 is 11.1. The topological polar surface area (TPSA) is 59.3 Å². The molecule has 0 aliphatic carbocycles. The van der Waals surface area contributed by atoms with Crippen LogP contribution in [-0.2, 0) is 11.3 Å². The molecule has 96 valence electrons. The lowest BCUT2D eigenvalue weighted by Gasteiger charge is -2.09. The minimum atomic E-state index is 0.362. The molecule has 1 heterocycles.